The number of hydrogen-bond acceptors (Lipinski definition) is 2. The second kappa shape index (κ2) is 11.8. The van der Waals surface area contributed by atoms with Crippen LogP contribution < -0.4 is 0 Å². The number of ether oxygens (including phenoxy) is 2. The van der Waals surface area contributed by atoms with Gasteiger partial charge in [-0.3, -0.25) is 0 Å². The van der Waals surface area contributed by atoms with Crippen molar-refractivity contribution in [2.24, 2.45) is 35.5 Å². The molecule has 0 bridgehead atoms. The first kappa shape index (κ1) is 23.2. The van der Waals surface area contributed by atoms with Crippen LogP contribution in [-0.2, 0) is 9.47 Å². The molecule has 26 heavy (non-hydrogen) atoms. The minimum Gasteiger partial charge on any atom is -0.359 e. The van der Waals surface area contributed by atoms with E-state index in [0.717, 1.165) is 30.6 Å². The zero-order valence-corrected chi connectivity index (χ0v) is 18.0. The summed E-state index contributed by atoms with van der Waals surface area (Å²) in [5.74, 6) is 3.99. The van der Waals surface area contributed by atoms with Gasteiger partial charge in [0.1, 0.15) is 6.79 Å². The molecule has 6 atom stereocenters. The highest BCUT2D eigenvalue weighted by Crippen LogP contribution is 2.45. The first-order valence-electron chi connectivity index (χ1n) is 10.4. The van der Waals surface area contributed by atoms with Gasteiger partial charge in [0.25, 0.3) is 0 Å². The van der Waals surface area contributed by atoms with Crippen LogP contribution in [0.1, 0.15) is 60.3 Å². The molecule has 150 valence electrons. The largest absolute Gasteiger partial charge is 0.359 e. The summed E-state index contributed by atoms with van der Waals surface area (Å²) in [6.45, 7) is 20.0. The standard InChI is InChI=1S/C24H42O2/c1-9-11-18(5)14-23-21(17(3)4)13-12-19(6)22(23)15-20(7)24(10-2)26-16-25-8/h9-10,12,17-18,20-24H,1-2,11,13-16H2,3-8H3/t18?,20-,21+,22-,23+,24-/m0/s1. The summed E-state index contributed by atoms with van der Waals surface area (Å²) >= 11 is 0. The Morgan fingerprint density at radius 3 is 2.42 bits per heavy atom. The van der Waals surface area contributed by atoms with E-state index in [1.807, 2.05) is 6.08 Å². The van der Waals surface area contributed by atoms with Crippen molar-refractivity contribution in [3.8, 4) is 0 Å². The van der Waals surface area contributed by atoms with Crippen LogP contribution in [0.2, 0.25) is 0 Å². The van der Waals surface area contributed by atoms with E-state index in [1.165, 1.54) is 12.8 Å². The van der Waals surface area contributed by atoms with E-state index in [2.05, 4.69) is 59.9 Å². The third-order valence-corrected chi connectivity index (χ3v) is 6.26. The van der Waals surface area contributed by atoms with Gasteiger partial charge in [-0.1, -0.05) is 51.5 Å². The van der Waals surface area contributed by atoms with Gasteiger partial charge < -0.3 is 9.47 Å². The van der Waals surface area contributed by atoms with E-state index < -0.39 is 0 Å². The summed E-state index contributed by atoms with van der Waals surface area (Å²) in [5, 5.41) is 0. The van der Waals surface area contributed by atoms with Crippen molar-refractivity contribution in [2.45, 2.75) is 66.4 Å². The topological polar surface area (TPSA) is 18.5 Å². The molecular formula is C24H42O2. The third-order valence-electron chi connectivity index (χ3n) is 6.26. The van der Waals surface area contributed by atoms with Crippen LogP contribution in [0.5, 0.6) is 0 Å². The molecule has 2 nitrogen and oxygen atoms in total. The smallest absolute Gasteiger partial charge is 0.147 e. The Hall–Kier alpha value is -0.860. The Labute approximate surface area is 162 Å². The zero-order valence-electron chi connectivity index (χ0n) is 18.0. The lowest BCUT2D eigenvalue weighted by Gasteiger charge is -2.42. The number of rotatable bonds is 12. The average molecular weight is 363 g/mol. The summed E-state index contributed by atoms with van der Waals surface area (Å²) in [4.78, 5) is 0. The first-order valence-corrected chi connectivity index (χ1v) is 10.4. The summed E-state index contributed by atoms with van der Waals surface area (Å²) in [5.41, 5.74) is 1.57. The maximum Gasteiger partial charge on any atom is 0.147 e. The Balaban J connectivity index is 2.96. The molecule has 0 heterocycles. The minimum absolute atomic E-state index is 0.0495. The van der Waals surface area contributed by atoms with Crippen LogP contribution >= 0.6 is 0 Å². The predicted octanol–water partition coefficient (Wildman–Crippen LogP) is 6.64. The first-order chi connectivity index (χ1) is 12.3. The van der Waals surface area contributed by atoms with Crippen molar-refractivity contribution < 1.29 is 9.47 Å². The van der Waals surface area contributed by atoms with Gasteiger partial charge in [0.05, 0.1) is 6.10 Å². The van der Waals surface area contributed by atoms with Gasteiger partial charge >= 0.3 is 0 Å². The van der Waals surface area contributed by atoms with Crippen molar-refractivity contribution in [1.82, 2.24) is 0 Å². The fourth-order valence-corrected chi connectivity index (χ4v) is 4.74. The molecule has 2 heteroatoms. The molecule has 1 aliphatic rings. The molecule has 0 amide bonds. The van der Waals surface area contributed by atoms with Gasteiger partial charge in [-0.05, 0) is 68.1 Å². The molecule has 0 radical (unpaired) electrons. The average Bonchev–Trinajstić information content (AvgIpc) is 2.58. The van der Waals surface area contributed by atoms with E-state index >= 15 is 0 Å². The fourth-order valence-electron chi connectivity index (χ4n) is 4.74. The molecule has 1 aliphatic carbocycles. The van der Waals surface area contributed by atoms with E-state index in [0.29, 0.717) is 24.5 Å². The van der Waals surface area contributed by atoms with Crippen molar-refractivity contribution in [2.75, 3.05) is 13.9 Å². The van der Waals surface area contributed by atoms with Crippen LogP contribution in [-0.4, -0.2) is 20.0 Å². The maximum atomic E-state index is 5.84. The third kappa shape index (κ3) is 6.70. The van der Waals surface area contributed by atoms with Gasteiger partial charge in [0, 0.05) is 7.11 Å². The highest BCUT2D eigenvalue weighted by molar-refractivity contribution is 5.12. The van der Waals surface area contributed by atoms with E-state index in [-0.39, 0.29) is 6.10 Å². The van der Waals surface area contributed by atoms with Crippen molar-refractivity contribution in [3.05, 3.63) is 37.0 Å². The lowest BCUT2D eigenvalue weighted by molar-refractivity contribution is -0.0742. The van der Waals surface area contributed by atoms with E-state index in [1.54, 1.807) is 12.7 Å². The van der Waals surface area contributed by atoms with E-state index in [4.69, 9.17) is 9.47 Å². The van der Waals surface area contributed by atoms with E-state index in [9.17, 15) is 0 Å². The molecule has 0 saturated carbocycles. The Kier molecular flexibility index (Phi) is 10.5. The molecule has 0 aromatic carbocycles. The molecule has 0 aromatic rings. The second-order valence-corrected chi connectivity index (χ2v) is 8.71. The summed E-state index contributed by atoms with van der Waals surface area (Å²) in [6, 6.07) is 0. The van der Waals surface area contributed by atoms with Crippen LogP contribution in [0.3, 0.4) is 0 Å². The SMILES string of the molecule is C=CCC(C)C[C@@H]1[C@@H](C(C)C)CC=C(C)[C@@H]1C[C@H](C)[C@H](C=C)OCOC. The Bertz CT molecular complexity index is 451. The number of allylic oxidation sites excluding steroid dienone is 3. The van der Waals surface area contributed by atoms with Crippen LogP contribution in [0.15, 0.2) is 37.0 Å². The van der Waals surface area contributed by atoms with Gasteiger partial charge in [-0.2, -0.15) is 0 Å². The van der Waals surface area contributed by atoms with Crippen LogP contribution in [0.25, 0.3) is 0 Å². The Morgan fingerprint density at radius 1 is 1.19 bits per heavy atom. The summed E-state index contributed by atoms with van der Waals surface area (Å²) < 4.78 is 10.9. The second-order valence-electron chi connectivity index (χ2n) is 8.71. The van der Waals surface area contributed by atoms with Gasteiger partial charge in [-0.15, -0.1) is 13.2 Å². The minimum atomic E-state index is 0.0495. The molecular weight excluding hydrogens is 320 g/mol. The van der Waals surface area contributed by atoms with Gasteiger partial charge in [-0.25, -0.2) is 0 Å². The summed E-state index contributed by atoms with van der Waals surface area (Å²) in [7, 11) is 1.67. The number of hydrogen-bond donors (Lipinski definition) is 0. The maximum absolute atomic E-state index is 5.84. The quantitative estimate of drug-likeness (QED) is 0.286. The lowest BCUT2D eigenvalue weighted by Crippen LogP contribution is -2.35. The molecule has 0 spiro atoms. The highest BCUT2D eigenvalue weighted by Gasteiger charge is 2.37. The molecule has 1 rings (SSSR count). The summed E-state index contributed by atoms with van der Waals surface area (Å²) in [6.07, 6.45) is 11.3. The van der Waals surface area contributed by atoms with Gasteiger partial charge in [0.15, 0.2) is 0 Å². The normalized spacial score (nSPS) is 26.9. The monoisotopic (exact) mass is 362 g/mol. The van der Waals surface area contributed by atoms with Crippen molar-refractivity contribution >= 4 is 0 Å². The van der Waals surface area contributed by atoms with Crippen LogP contribution in [0, 0.1) is 35.5 Å². The number of methoxy groups -OCH3 is 1. The van der Waals surface area contributed by atoms with Crippen LogP contribution in [0.4, 0.5) is 0 Å². The molecule has 0 saturated heterocycles. The molecule has 0 aromatic heterocycles. The molecule has 0 aliphatic heterocycles. The predicted molar refractivity (Wildman–Crippen MR) is 113 cm³/mol. The molecule has 0 fully saturated rings. The van der Waals surface area contributed by atoms with Crippen molar-refractivity contribution in [1.29, 1.82) is 0 Å². The highest BCUT2D eigenvalue weighted by atomic mass is 16.7. The van der Waals surface area contributed by atoms with Crippen molar-refractivity contribution in [3.63, 3.8) is 0 Å². The molecule has 0 N–H and O–H groups in total. The zero-order chi connectivity index (χ0) is 19.7. The lowest BCUT2D eigenvalue weighted by atomic mass is 9.63. The Morgan fingerprint density at radius 2 is 1.88 bits per heavy atom. The molecule has 1 unspecified atom stereocenters. The fraction of sp³-hybridized carbons (Fsp3) is 0.750. The van der Waals surface area contributed by atoms with Gasteiger partial charge in [0.2, 0.25) is 0 Å².